The predicted molar refractivity (Wildman–Crippen MR) is 86.0 cm³/mol. The first-order valence-electron chi connectivity index (χ1n) is 6.40. The summed E-state index contributed by atoms with van der Waals surface area (Å²) in [6, 6.07) is 11.6. The largest absolute Gasteiger partial charge is 0.393 e. The van der Waals surface area contributed by atoms with E-state index in [-0.39, 0.29) is 5.56 Å². The summed E-state index contributed by atoms with van der Waals surface area (Å²) in [5.74, 6) is -1.01. The Kier molecular flexibility index (Phi) is 4.65. The fourth-order valence-corrected chi connectivity index (χ4v) is 2.08. The molecule has 0 unspecified atom stereocenters. The number of carbonyl (C=O) groups is 1. The molecule has 3 nitrogen and oxygen atoms in total. The van der Waals surface area contributed by atoms with Crippen molar-refractivity contribution in [2.24, 2.45) is 5.73 Å². The molecular formula is C16H15FN2OS. The highest BCUT2D eigenvalue weighted by atomic mass is 32.1. The fraction of sp³-hybridized carbons (Fsp3) is 0.125. The van der Waals surface area contributed by atoms with Crippen LogP contribution in [0.15, 0.2) is 42.5 Å². The topological polar surface area (TPSA) is 55.1 Å². The van der Waals surface area contributed by atoms with E-state index in [1.54, 1.807) is 25.1 Å². The minimum atomic E-state index is -0.530. The predicted octanol–water partition coefficient (Wildman–Crippen LogP) is 3.22. The molecule has 0 bridgehead atoms. The number of nitrogens with two attached hydrogens (primary N) is 1. The zero-order chi connectivity index (χ0) is 15.4. The molecule has 0 radical (unpaired) electrons. The van der Waals surface area contributed by atoms with Crippen LogP contribution in [-0.2, 0) is 6.42 Å². The number of amides is 1. The van der Waals surface area contributed by atoms with Gasteiger partial charge in [0, 0.05) is 12.1 Å². The number of nitrogens with one attached hydrogen (secondary N) is 1. The molecule has 0 fully saturated rings. The molecule has 3 N–H and O–H groups in total. The van der Waals surface area contributed by atoms with Crippen LogP contribution in [-0.4, -0.2) is 10.9 Å². The highest BCUT2D eigenvalue weighted by Crippen LogP contribution is 2.14. The molecule has 0 spiro atoms. The number of benzene rings is 2. The number of thiocarbonyl (C=S) groups is 1. The second-order valence-electron chi connectivity index (χ2n) is 4.78. The average molecular weight is 302 g/mol. The molecule has 0 aliphatic carbocycles. The highest BCUT2D eigenvalue weighted by molar-refractivity contribution is 7.80. The van der Waals surface area contributed by atoms with Crippen molar-refractivity contribution < 1.29 is 9.18 Å². The molecule has 2 aromatic rings. The van der Waals surface area contributed by atoms with E-state index >= 15 is 0 Å². The zero-order valence-corrected chi connectivity index (χ0v) is 12.3. The van der Waals surface area contributed by atoms with Gasteiger partial charge in [-0.2, -0.15) is 0 Å². The number of hydrogen-bond acceptors (Lipinski definition) is 2. The third kappa shape index (κ3) is 4.10. The van der Waals surface area contributed by atoms with Crippen LogP contribution in [0.4, 0.5) is 10.1 Å². The molecule has 108 valence electrons. The Hall–Kier alpha value is -2.27. The van der Waals surface area contributed by atoms with Gasteiger partial charge in [0.15, 0.2) is 0 Å². The second-order valence-corrected chi connectivity index (χ2v) is 5.30. The van der Waals surface area contributed by atoms with Crippen molar-refractivity contribution in [3.8, 4) is 0 Å². The summed E-state index contributed by atoms with van der Waals surface area (Å²) in [6.45, 7) is 1.77. The summed E-state index contributed by atoms with van der Waals surface area (Å²) >= 11 is 4.84. The third-order valence-electron chi connectivity index (χ3n) is 2.96. The van der Waals surface area contributed by atoms with Gasteiger partial charge in [0.05, 0.1) is 10.6 Å². The molecule has 2 aromatic carbocycles. The summed E-state index contributed by atoms with van der Waals surface area (Å²) < 4.78 is 13.7. The minimum absolute atomic E-state index is 0.0211. The van der Waals surface area contributed by atoms with Crippen LogP contribution in [0, 0.1) is 12.7 Å². The number of hydrogen-bond donors (Lipinski definition) is 2. The lowest BCUT2D eigenvalue weighted by atomic mass is 10.1. The van der Waals surface area contributed by atoms with Crippen molar-refractivity contribution in [3.63, 3.8) is 0 Å². The van der Waals surface area contributed by atoms with Crippen molar-refractivity contribution in [1.82, 2.24) is 0 Å². The number of carbonyl (C=O) groups excluding carboxylic acids is 1. The third-order valence-corrected chi connectivity index (χ3v) is 3.10. The standard InChI is InChI=1S/C16H15FN2OS/c1-10-2-7-13(14(17)8-10)16(20)19-12-5-3-11(4-6-12)9-15(18)21/h2-8H,9H2,1H3,(H2,18,21)(H,19,20). The quantitative estimate of drug-likeness (QED) is 0.853. The smallest absolute Gasteiger partial charge is 0.258 e. The van der Waals surface area contributed by atoms with Crippen molar-refractivity contribution in [2.45, 2.75) is 13.3 Å². The molecular weight excluding hydrogens is 287 g/mol. The molecule has 5 heteroatoms. The second kappa shape index (κ2) is 6.45. The first-order chi connectivity index (χ1) is 9.95. The minimum Gasteiger partial charge on any atom is -0.393 e. The Morgan fingerprint density at radius 1 is 1.24 bits per heavy atom. The molecule has 0 saturated heterocycles. The van der Waals surface area contributed by atoms with Crippen LogP contribution in [0.5, 0.6) is 0 Å². The zero-order valence-electron chi connectivity index (χ0n) is 11.5. The number of rotatable bonds is 4. The first kappa shape index (κ1) is 15.1. The number of halogens is 1. The van der Waals surface area contributed by atoms with Crippen LogP contribution < -0.4 is 11.1 Å². The maximum atomic E-state index is 13.7. The van der Waals surface area contributed by atoms with Crippen LogP contribution in [0.1, 0.15) is 21.5 Å². The lowest BCUT2D eigenvalue weighted by Gasteiger charge is -2.07. The molecule has 0 atom stereocenters. The van der Waals surface area contributed by atoms with Crippen LogP contribution in [0.2, 0.25) is 0 Å². The van der Waals surface area contributed by atoms with Gasteiger partial charge in [-0.05, 0) is 42.3 Å². The molecule has 0 saturated carbocycles. The Bertz CT molecular complexity index is 683. The molecule has 2 rings (SSSR count). The number of anilines is 1. The lowest BCUT2D eigenvalue weighted by Crippen LogP contribution is -2.14. The van der Waals surface area contributed by atoms with Crippen LogP contribution in [0.25, 0.3) is 0 Å². The summed E-state index contributed by atoms with van der Waals surface area (Å²) in [4.78, 5) is 12.4. The molecule has 0 aromatic heterocycles. The van der Waals surface area contributed by atoms with Crippen molar-refractivity contribution in [2.75, 3.05) is 5.32 Å². The van der Waals surface area contributed by atoms with Crippen molar-refractivity contribution in [3.05, 3.63) is 65.0 Å². The van der Waals surface area contributed by atoms with E-state index in [9.17, 15) is 9.18 Å². The van der Waals surface area contributed by atoms with Gasteiger partial charge in [-0.1, -0.05) is 30.4 Å². The number of aryl methyl sites for hydroxylation is 1. The van der Waals surface area contributed by atoms with E-state index in [1.807, 2.05) is 12.1 Å². The van der Waals surface area contributed by atoms with Crippen LogP contribution >= 0.6 is 12.2 Å². The van der Waals surface area contributed by atoms with Gasteiger partial charge in [0.25, 0.3) is 5.91 Å². The highest BCUT2D eigenvalue weighted by Gasteiger charge is 2.11. The summed E-state index contributed by atoms with van der Waals surface area (Å²) in [7, 11) is 0. The summed E-state index contributed by atoms with van der Waals surface area (Å²) in [5.41, 5.74) is 7.81. The van der Waals surface area contributed by atoms with Gasteiger partial charge < -0.3 is 11.1 Å². The summed E-state index contributed by atoms with van der Waals surface area (Å²) in [5, 5.41) is 2.66. The molecule has 0 aliphatic heterocycles. The van der Waals surface area contributed by atoms with E-state index in [2.05, 4.69) is 5.32 Å². The summed E-state index contributed by atoms with van der Waals surface area (Å²) in [6.07, 6.45) is 0.510. The Balaban J connectivity index is 2.10. The van der Waals surface area contributed by atoms with E-state index in [4.69, 9.17) is 18.0 Å². The molecule has 1 amide bonds. The van der Waals surface area contributed by atoms with Gasteiger partial charge in [-0.3, -0.25) is 4.79 Å². The maximum absolute atomic E-state index is 13.7. The van der Waals surface area contributed by atoms with E-state index in [0.717, 1.165) is 11.1 Å². The fourth-order valence-electron chi connectivity index (χ4n) is 1.91. The first-order valence-corrected chi connectivity index (χ1v) is 6.81. The Labute approximate surface area is 128 Å². The van der Waals surface area contributed by atoms with Crippen LogP contribution in [0.3, 0.4) is 0 Å². The van der Waals surface area contributed by atoms with Gasteiger partial charge in [-0.15, -0.1) is 0 Å². The van der Waals surface area contributed by atoms with E-state index in [0.29, 0.717) is 17.1 Å². The van der Waals surface area contributed by atoms with Gasteiger partial charge in [-0.25, -0.2) is 4.39 Å². The normalized spacial score (nSPS) is 10.2. The Morgan fingerprint density at radius 3 is 2.48 bits per heavy atom. The van der Waals surface area contributed by atoms with Gasteiger partial charge >= 0.3 is 0 Å². The van der Waals surface area contributed by atoms with Gasteiger partial charge in [0.1, 0.15) is 5.82 Å². The monoisotopic (exact) mass is 302 g/mol. The van der Waals surface area contributed by atoms with E-state index in [1.165, 1.54) is 12.1 Å². The maximum Gasteiger partial charge on any atom is 0.258 e. The van der Waals surface area contributed by atoms with E-state index < -0.39 is 11.7 Å². The Morgan fingerprint density at radius 2 is 1.90 bits per heavy atom. The molecule has 0 heterocycles. The van der Waals surface area contributed by atoms with Gasteiger partial charge in [0.2, 0.25) is 0 Å². The van der Waals surface area contributed by atoms with Crippen molar-refractivity contribution in [1.29, 1.82) is 0 Å². The van der Waals surface area contributed by atoms with Crippen molar-refractivity contribution >= 4 is 28.8 Å². The molecule has 0 aliphatic rings. The lowest BCUT2D eigenvalue weighted by molar-refractivity contribution is 0.102. The molecule has 21 heavy (non-hydrogen) atoms. The average Bonchev–Trinajstić information content (AvgIpc) is 2.40. The SMILES string of the molecule is Cc1ccc(C(=O)Nc2ccc(CC(N)=S)cc2)c(F)c1.